The fourth-order valence-corrected chi connectivity index (χ4v) is 3.20. The number of hydrogen-bond acceptors (Lipinski definition) is 3. The Morgan fingerprint density at radius 1 is 1.60 bits per heavy atom. The lowest BCUT2D eigenvalue weighted by Crippen LogP contribution is -2.26. The van der Waals surface area contributed by atoms with Gasteiger partial charge in [-0.15, -0.1) is 11.3 Å². The number of rotatable bonds is 3. The highest BCUT2D eigenvalue weighted by molar-refractivity contribution is 7.14. The number of aromatic nitrogens is 1. The van der Waals surface area contributed by atoms with Gasteiger partial charge in [0.05, 0.1) is 0 Å². The van der Waals surface area contributed by atoms with Gasteiger partial charge >= 0.3 is 0 Å². The number of thiazole rings is 1. The molecular weight excluding hydrogens is 228 g/mol. The van der Waals surface area contributed by atoms with E-state index in [1.165, 1.54) is 32.1 Å². The minimum atomic E-state index is 0.602. The van der Waals surface area contributed by atoms with Crippen LogP contribution >= 0.6 is 22.9 Å². The first-order valence-electron chi connectivity index (χ1n) is 5.65. The van der Waals surface area contributed by atoms with Crippen LogP contribution in [0.3, 0.4) is 0 Å². The molecule has 84 valence electrons. The molecule has 1 aromatic heterocycles. The van der Waals surface area contributed by atoms with E-state index in [0.29, 0.717) is 11.2 Å². The van der Waals surface area contributed by atoms with Crippen molar-refractivity contribution in [3.05, 3.63) is 10.5 Å². The van der Waals surface area contributed by atoms with Gasteiger partial charge in [0, 0.05) is 11.4 Å². The van der Waals surface area contributed by atoms with E-state index < -0.39 is 0 Å². The Balaban J connectivity index is 1.88. The maximum absolute atomic E-state index is 5.79. The molecule has 1 aliphatic rings. The summed E-state index contributed by atoms with van der Waals surface area (Å²) in [6, 6.07) is 0.603. The number of nitrogens with zero attached hydrogens (tertiary/aromatic N) is 1. The van der Waals surface area contributed by atoms with Crippen molar-refractivity contribution in [3.8, 4) is 0 Å². The fourth-order valence-electron chi connectivity index (χ4n) is 2.29. The largest absolute Gasteiger partial charge is 0.359 e. The molecule has 1 heterocycles. The van der Waals surface area contributed by atoms with E-state index in [9.17, 15) is 0 Å². The van der Waals surface area contributed by atoms with Crippen LogP contribution in [0.4, 0.5) is 5.13 Å². The zero-order valence-electron chi connectivity index (χ0n) is 9.00. The lowest BCUT2D eigenvalue weighted by molar-refractivity contribution is 0.327. The van der Waals surface area contributed by atoms with Crippen LogP contribution in [0.15, 0.2) is 5.38 Å². The van der Waals surface area contributed by atoms with Gasteiger partial charge < -0.3 is 5.32 Å². The summed E-state index contributed by atoms with van der Waals surface area (Å²) in [7, 11) is 0. The van der Waals surface area contributed by atoms with Crippen molar-refractivity contribution in [2.45, 2.75) is 45.1 Å². The monoisotopic (exact) mass is 244 g/mol. The molecule has 0 radical (unpaired) electrons. The van der Waals surface area contributed by atoms with Gasteiger partial charge in [-0.3, -0.25) is 0 Å². The third-order valence-corrected chi connectivity index (χ3v) is 4.26. The normalized spacial score (nSPS) is 26.5. The van der Waals surface area contributed by atoms with Gasteiger partial charge in [-0.2, -0.15) is 0 Å². The summed E-state index contributed by atoms with van der Waals surface area (Å²) in [4.78, 5) is 4.23. The minimum Gasteiger partial charge on any atom is -0.359 e. The number of halogens is 1. The smallest absolute Gasteiger partial charge is 0.184 e. The van der Waals surface area contributed by atoms with E-state index in [2.05, 4.69) is 17.2 Å². The first kappa shape index (κ1) is 11.2. The maximum Gasteiger partial charge on any atom is 0.184 e. The van der Waals surface area contributed by atoms with E-state index in [1.807, 2.05) is 5.38 Å². The van der Waals surface area contributed by atoms with Crippen LogP contribution in [0.1, 0.15) is 39.0 Å². The highest BCUT2D eigenvalue weighted by Crippen LogP contribution is 2.29. The highest BCUT2D eigenvalue weighted by Gasteiger charge is 2.21. The second kappa shape index (κ2) is 5.17. The van der Waals surface area contributed by atoms with Crippen LogP contribution in [0.25, 0.3) is 0 Å². The van der Waals surface area contributed by atoms with Gasteiger partial charge in [-0.1, -0.05) is 37.8 Å². The standard InChI is InChI=1S/C11H17ClN2S/c1-2-8-4-3-5-9(6-8)13-11-14-10(12)7-15-11/h7-9H,2-6H2,1H3,(H,13,14). The van der Waals surface area contributed by atoms with E-state index >= 15 is 0 Å². The lowest BCUT2D eigenvalue weighted by atomic mass is 9.84. The Labute approximate surface area is 100 Å². The van der Waals surface area contributed by atoms with Crippen molar-refractivity contribution in [2.75, 3.05) is 5.32 Å². The summed E-state index contributed by atoms with van der Waals surface area (Å²) in [5.74, 6) is 0.895. The highest BCUT2D eigenvalue weighted by atomic mass is 35.5. The maximum atomic E-state index is 5.79. The molecular formula is C11H17ClN2S. The molecule has 0 aromatic carbocycles. The third-order valence-electron chi connectivity index (χ3n) is 3.16. The summed E-state index contributed by atoms with van der Waals surface area (Å²) in [6.07, 6.45) is 6.60. The Kier molecular flexibility index (Phi) is 3.87. The molecule has 2 unspecified atom stereocenters. The summed E-state index contributed by atoms with van der Waals surface area (Å²) in [5, 5.41) is 6.94. The van der Waals surface area contributed by atoms with Gasteiger partial charge in [-0.05, 0) is 18.8 Å². The Hall–Kier alpha value is -0.280. The molecule has 0 spiro atoms. The van der Waals surface area contributed by atoms with Crippen molar-refractivity contribution >= 4 is 28.1 Å². The predicted octanol–water partition coefficient (Wildman–Crippen LogP) is 4.18. The zero-order chi connectivity index (χ0) is 10.7. The molecule has 0 aliphatic heterocycles. The van der Waals surface area contributed by atoms with Crippen molar-refractivity contribution in [1.29, 1.82) is 0 Å². The van der Waals surface area contributed by atoms with E-state index in [4.69, 9.17) is 11.6 Å². The minimum absolute atomic E-state index is 0.602. The molecule has 1 saturated carbocycles. The molecule has 0 amide bonds. The van der Waals surface area contributed by atoms with Crippen molar-refractivity contribution < 1.29 is 0 Å². The average Bonchev–Trinajstić information content (AvgIpc) is 2.64. The molecule has 0 saturated heterocycles. The first-order chi connectivity index (χ1) is 7.28. The summed E-state index contributed by atoms with van der Waals surface area (Å²) < 4.78 is 0. The molecule has 0 bridgehead atoms. The average molecular weight is 245 g/mol. The topological polar surface area (TPSA) is 24.9 Å². The molecule has 1 N–H and O–H groups in total. The Morgan fingerprint density at radius 2 is 2.47 bits per heavy atom. The van der Waals surface area contributed by atoms with E-state index in [0.717, 1.165) is 11.0 Å². The SMILES string of the molecule is CCC1CCCC(Nc2nc(Cl)cs2)C1. The molecule has 1 aromatic rings. The van der Waals surface area contributed by atoms with E-state index in [1.54, 1.807) is 11.3 Å². The fraction of sp³-hybridized carbons (Fsp3) is 0.727. The Bertz CT molecular complexity index is 313. The van der Waals surface area contributed by atoms with Gasteiger partial charge in [0.25, 0.3) is 0 Å². The van der Waals surface area contributed by atoms with Gasteiger partial charge in [-0.25, -0.2) is 4.98 Å². The van der Waals surface area contributed by atoms with E-state index in [-0.39, 0.29) is 0 Å². The number of hydrogen-bond donors (Lipinski definition) is 1. The first-order valence-corrected chi connectivity index (χ1v) is 6.91. The Morgan fingerprint density at radius 3 is 3.13 bits per heavy atom. The van der Waals surface area contributed by atoms with Crippen molar-refractivity contribution in [3.63, 3.8) is 0 Å². The van der Waals surface area contributed by atoms with Crippen LogP contribution in [0.2, 0.25) is 5.15 Å². The van der Waals surface area contributed by atoms with Gasteiger partial charge in [0.2, 0.25) is 0 Å². The molecule has 1 aliphatic carbocycles. The van der Waals surface area contributed by atoms with Crippen molar-refractivity contribution in [2.24, 2.45) is 5.92 Å². The zero-order valence-corrected chi connectivity index (χ0v) is 10.6. The van der Waals surface area contributed by atoms with Crippen LogP contribution < -0.4 is 5.32 Å². The molecule has 2 rings (SSSR count). The van der Waals surface area contributed by atoms with Gasteiger partial charge in [0.15, 0.2) is 5.13 Å². The molecule has 15 heavy (non-hydrogen) atoms. The number of nitrogens with one attached hydrogen (secondary N) is 1. The number of anilines is 1. The van der Waals surface area contributed by atoms with Crippen LogP contribution in [0.5, 0.6) is 0 Å². The second-order valence-corrected chi connectivity index (χ2v) is 5.50. The third kappa shape index (κ3) is 3.08. The summed E-state index contributed by atoms with van der Waals surface area (Å²) in [6.45, 7) is 2.29. The molecule has 2 atom stereocenters. The van der Waals surface area contributed by atoms with Crippen LogP contribution in [-0.4, -0.2) is 11.0 Å². The second-order valence-electron chi connectivity index (χ2n) is 4.26. The summed E-state index contributed by atoms with van der Waals surface area (Å²) >= 11 is 7.39. The van der Waals surface area contributed by atoms with Crippen LogP contribution in [0, 0.1) is 5.92 Å². The summed E-state index contributed by atoms with van der Waals surface area (Å²) in [5.41, 5.74) is 0. The quantitative estimate of drug-likeness (QED) is 0.863. The molecule has 2 nitrogen and oxygen atoms in total. The predicted molar refractivity (Wildman–Crippen MR) is 66.8 cm³/mol. The van der Waals surface area contributed by atoms with Crippen LogP contribution in [-0.2, 0) is 0 Å². The lowest BCUT2D eigenvalue weighted by Gasteiger charge is -2.28. The molecule has 1 fully saturated rings. The van der Waals surface area contributed by atoms with Crippen molar-refractivity contribution in [1.82, 2.24) is 4.98 Å². The molecule has 4 heteroatoms. The van der Waals surface area contributed by atoms with Gasteiger partial charge in [0.1, 0.15) is 5.15 Å².